The number of nitrogens with one attached hydrogen (secondary N) is 2. The molecule has 7 heteroatoms. The van der Waals surface area contributed by atoms with Crippen LogP contribution in [0.15, 0.2) is 34.9 Å². The zero-order valence-corrected chi connectivity index (χ0v) is 17.0. The molecule has 2 aliphatic heterocycles. The molecule has 2 fully saturated rings. The minimum absolute atomic E-state index is 0.0370. The van der Waals surface area contributed by atoms with Gasteiger partial charge in [0.25, 0.3) is 5.91 Å². The van der Waals surface area contributed by atoms with Crippen LogP contribution >= 0.6 is 0 Å². The van der Waals surface area contributed by atoms with Gasteiger partial charge >= 0.3 is 0 Å². The van der Waals surface area contributed by atoms with E-state index in [1.54, 1.807) is 19.2 Å². The maximum atomic E-state index is 13.2. The molecule has 0 saturated carbocycles. The molecule has 4 heterocycles. The van der Waals surface area contributed by atoms with E-state index in [9.17, 15) is 9.59 Å². The summed E-state index contributed by atoms with van der Waals surface area (Å²) < 4.78 is 5.49. The van der Waals surface area contributed by atoms with Crippen LogP contribution in [0.4, 0.5) is 0 Å². The lowest BCUT2D eigenvalue weighted by Crippen LogP contribution is -2.57. The summed E-state index contributed by atoms with van der Waals surface area (Å²) in [6.07, 6.45) is 5.28. The van der Waals surface area contributed by atoms with Gasteiger partial charge in [0.2, 0.25) is 5.91 Å². The molecule has 0 aromatic carbocycles. The molecule has 2 atom stereocenters. The molecule has 154 valence electrons. The van der Waals surface area contributed by atoms with Crippen molar-refractivity contribution in [1.29, 1.82) is 0 Å². The van der Waals surface area contributed by atoms with Crippen LogP contribution in [-0.4, -0.2) is 46.4 Å². The minimum atomic E-state index is -0.549. The van der Waals surface area contributed by atoms with Gasteiger partial charge in [-0.3, -0.25) is 19.5 Å². The summed E-state index contributed by atoms with van der Waals surface area (Å²) in [6, 6.07) is 7.39. The maximum Gasteiger partial charge on any atom is 0.255 e. The Balaban J connectivity index is 1.45. The Morgan fingerprint density at radius 3 is 2.90 bits per heavy atom. The second-order valence-electron chi connectivity index (χ2n) is 8.14. The largest absolute Gasteiger partial charge is 0.466 e. The maximum absolute atomic E-state index is 13.2. The Kier molecular flexibility index (Phi) is 5.41. The number of aromatic nitrogens is 1. The predicted molar refractivity (Wildman–Crippen MR) is 108 cm³/mol. The summed E-state index contributed by atoms with van der Waals surface area (Å²) in [5, 5.41) is 6.20. The first-order chi connectivity index (χ1) is 14.0. The molecule has 0 spiro atoms. The second-order valence-corrected chi connectivity index (χ2v) is 8.14. The van der Waals surface area contributed by atoms with Gasteiger partial charge in [0, 0.05) is 18.8 Å². The molecule has 2 amide bonds. The number of piperidine rings is 1. The van der Waals surface area contributed by atoms with Crippen molar-refractivity contribution >= 4 is 11.8 Å². The summed E-state index contributed by atoms with van der Waals surface area (Å²) >= 11 is 0. The summed E-state index contributed by atoms with van der Waals surface area (Å²) in [7, 11) is 0. The first-order valence-electron chi connectivity index (χ1n) is 10.3. The Morgan fingerprint density at radius 2 is 2.17 bits per heavy atom. The van der Waals surface area contributed by atoms with Gasteiger partial charge in [0.15, 0.2) is 0 Å². The van der Waals surface area contributed by atoms with Crippen molar-refractivity contribution in [2.24, 2.45) is 0 Å². The lowest BCUT2D eigenvalue weighted by molar-refractivity contribution is -0.134. The first kappa shape index (κ1) is 19.6. The lowest BCUT2D eigenvalue weighted by atomic mass is 9.84. The van der Waals surface area contributed by atoms with Gasteiger partial charge in [-0.2, -0.15) is 0 Å². The average molecular weight is 396 g/mol. The van der Waals surface area contributed by atoms with E-state index >= 15 is 0 Å². The molecule has 0 aliphatic carbocycles. The van der Waals surface area contributed by atoms with Crippen LogP contribution in [0, 0.1) is 13.8 Å². The number of hydrogen-bond acceptors (Lipinski definition) is 5. The zero-order valence-electron chi connectivity index (χ0n) is 17.0. The van der Waals surface area contributed by atoms with Crippen molar-refractivity contribution in [1.82, 2.24) is 20.5 Å². The topological polar surface area (TPSA) is 87.5 Å². The van der Waals surface area contributed by atoms with Gasteiger partial charge in [0.05, 0.1) is 17.8 Å². The highest BCUT2D eigenvalue weighted by atomic mass is 16.3. The van der Waals surface area contributed by atoms with Gasteiger partial charge < -0.3 is 15.1 Å². The highest BCUT2D eigenvalue weighted by Gasteiger charge is 2.52. The molecule has 0 bridgehead atoms. The number of hydrogen-bond donors (Lipinski definition) is 2. The van der Waals surface area contributed by atoms with Crippen molar-refractivity contribution < 1.29 is 14.0 Å². The number of carbonyl (C=O) groups excluding carboxylic acids is 2. The molecule has 2 aromatic heterocycles. The molecule has 4 rings (SSSR count). The molecule has 0 radical (unpaired) electrons. The van der Waals surface area contributed by atoms with E-state index in [4.69, 9.17) is 4.42 Å². The lowest BCUT2D eigenvalue weighted by Gasteiger charge is -2.40. The fourth-order valence-corrected chi connectivity index (χ4v) is 4.73. The Hall–Kier alpha value is -2.67. The Morgan fingerprint density at radius 1 is 1.31 bits per heavy atom. The van der Waals surface area contributed by atoms with Gasteiger partial charge in [-0.15, -0.1) is 0 Å². The van der Waals surface area contributed by atoms with Gasteiger partial charge in [-0.25, -0.2) is 0 Å². The SMILES string of the molecule is Cc1cc(C(=O)N[C@@H]2CN3CCCC[C@]3(C(=O)NCc3ccccn3)C2)c(C)o1. The summed E-state index contributed by atoms with van der Waals surface area (Å²) in [5.74, 6) is 1.25. The molecular weight excluding hydrogens is 368 g/mol. The van der Waals surface area contributed by atoms with Gasteiger partial charge in [-0.05, 0) is 64.3 Å². The van der Waals surface area contributed by atoms with Crippen LogP contribution in [-0.2, 0) is 11.3 Å². The molecule has 2 N–H and O–H groups in total. The molecular formula is C22H28N4O3. The normalized spacial score (nSPS) is 24.1. The molecule has 2 aromatic rings. The van der Waals surface area contributed by atoms with Crippen molar-refractivity contribution in [3.63, 3.8) is 0 Å². The summed E-state index contributed by atoms with van der Waals surface area (Å²) in [6.45, 7) is 5.62. The van der Waals surface area contributed by atoms with E-state index < -0.39 is 5.54 Å². The van der Waals surface area contributed by atoms with Gasteiger partial charge in [-0.1, -0.05) is 6.07 Å². The number of carbonyl (C=O) groups is 2. The molecule has 7 nitrogen and oxygen atoms in total. The average Bonchev–Trinajstić information content (AvgIpc) is 3.26. The summed E-state index contributed by atoms with van der Waals surface area (Å²) in [5.41, 5.74) is 0.862. The van der Waals surface area contributed by atoms with Crippen LogP contribution in [0.3, 0.4) is 0 Å². The highest BCUT2D eigenvalue weighted by Crippen LogP contribution is 2.38. The monoisotopic (exact) mass is 396 g/mol. The molecule has 29 heavy (non-hydrogen) atoms. The summed E-state index contributed by atoms with van der Waals surface area (Å²) in [4.78, 5) is 32.5. The molecule has 2 saturated heterocycles. The van der Waals surface area contributed by atoms with Crippen LogP contribution in [0.5, 0.6) is 0 Å². The van der Waals surface area contributed by atoms with Crippen LogP contribution < -0.4 is 10.6 Å². The van der Waals surface area contributed by atoms with E-state index in [1.807, 2.05) is 25.1 Å². The number of nitrogens with zero attached hydrogens (tertiary/aromatic N) is 2. The Labute approximate surface area is 170 Å². The van der Waals surface area contributed by atoms with Crippen molar-refractivity contribution in [3.8, 4) is 0 Å². The Bertz CT molecular complexity index is 895. The van der Waals surface area contributed by atoms with E-state index in [0.29, 0.717) is 30.8 Å². The zero-order chi connectivity index (χ0) is 20.4. The quantitative estimate of drug-likeness (QED) is 0.810. The third-order valence-corrected chi connectivity index (χ3v) is 6.10. The van der Waals surface area contributed by atoms with E-state index in [-0.39, 0.29) is 17.9 Å². The van der Waals surface area contributed by atoms with Crippen molar-refractivity contribution in [2.45, 2.75) is 57.7 Å². The number of aryl methyl sites for hydroxylation is 2. The smallest absolute Gasteiger partial charge is 0.255 e. The van der Waals surface area contributed by atoms with Crippen molar-refractivity contribution in [2.75, 3.05) is 13.1 Å². The number of rotatable bonds is 5. The number of furan rings is 1. The third-order valence-electron chi connectivity index (χ3n) is 6.10. The van der Waals surface area contributed by atoms with E-state index in [2.05, 4.69) is 20.5 Å². The predicted octanol–water partition coefficient (Wildman–Crippen LogP) is 2.33. The molecule has 0 unspecified atom stereocenters. The van der Waals surface area contributed by atoms with Crippen LogP contribution in [0.2, 0.25) is 0 Å². The number of pyridine rings is 1. The fourth-order valence-electron chi connectivity index (χ4n) is 4.73. The second kappa shape index (κ2) is 7.99. The van der Waals surface area contributed by atoms with E-state index in [1.165, 1.54) is 0 Å². The van der Waals surface area contributed by atoms with E-state index in [0.717, 1.165) is 37.3 Å². The highest BCUT2D eigenvalue weighted by molar-refractivity contribution is 5.95. The number of fused-ring (bicyclic) bond motifs is 1. The fraction of sp³-hybridized carbons (Fsp3) is 0.500. The standard InChI is InChI=1S/C22H28N4O3/c1-15-11-19(16(2)29-15)20(27)25-18-12-22(8-4-6-10-26(22)14-18)21(28)24-13-17-7-3-5-9-23-17/h3,5,7,9,11,18H,4,6,8,10,12-14H2,1-2H3,(H,24,28)(H,25,27)/t18-,22+/m0/s1. The van der Waals surface area contributed by atoms with Crippen LogP contribution in [0.1, 0.15) is 53.3 Å². The number of amides is 2. The minimum Gasteiger partial charge on any atom is -0.466 e. The van der Waals surface area contributed by atoms with Gasteiger partial charge in [0.1, 0.15) is 17.1 Å². The third kappa shape index (κ3) is 3.92. The first-order valence-corrected chi connectivity index (χ1v) is 10.3. The molecule has 2 aliphatic rings. The van der Waals surface area contributed by atoms with Crippen LogP contribution in [0.25, 0.3) is 0 Å². The van der Waals surface area contributed by atoms with Crippen molar-refractivity contribution in [3.05, 3.63) is 53.2 Å².